The fourth-order valence-corrected chi connectivity index (χ4v) is 12.1. The van der Waals surface area contributed by atoms with Gasteiger partial charge in [0, 0.05) is 30.3 Å². The van der Waals surface area contributed by atoms with E-state index in [0.717, 1.165) is 0 Å². The number of benzene rings is 2. The maximum absolute atomic E-state index is 2.81. The third kappa shape index (κ3) is 7.37. The Morgan fingerprint density at radius 1 is 0.440 bits per heavy atom. The molecule has 2 aliphatic carbocycles. The van der Waals surface area contributed by atoms with E-state index in [4.69, 9.17) is 0 Å². The highest BCUT2D eigenvalue weighted by molar-refractivity contribution is 7.19. The van der Waals surface area contributed by atoms with Crippen molar-refractivity contribution in [3.05, 3.63) is 81.2 Å². The molecule has 2 aliphatic rings. The number of aryl methyl sites for hydroxylation is 2. The Kier molecular flexibility index (Phi) is 12.9. The molecular weight excluding hydrogens is 641 g/mol. The second-order valence-corrected chi connectivity index (χ2v) is 18.5. The zero-order valence-electron chi connectivity index (χ0n) is 32.6. The largest absolute Gasteiger partial charge is 0.140 e. The third-order valence-electron chi connectivity index (χ3n) is 12.5. The van der Waals surface area contributed by atoms with E-state index in [-0.39, 0.29) is 10.8 Å². The summed E-state index contributed by atoms with van der Waals surface area (Å²) in [7, 11) is 0. The molecule has 2 heterocycles. The minimum absolute atomic E-state index is 0.126. The molecule has 2 aromatic heterocycles. The molecule has 0 fully saturated rings. The standard InChI is InChI=1S/C48H66S2/c1-7-11-15-19-27-47(28-20-16-12-8-2)40-33-39-41(32-38(40)45-42(47)31-36(6)49-45)48(29-21-17-13-9-3,30-22-18-14-10-4)43-34-44(50-46(39)43)37-25-23-35(5)24-26-37/h23-26,31-34H,7-22,27-30H2,1-6H3. The fraction of sp³-hybridized carbons (Fsp3) is 0.583. The Balaban J connectivity index is 1.54. The highest BCUT2D eigenvalue weighted by Gasteiger charge is 2.49. The highest BCUT2D eigenvalue weighted by Crippen LogP contribution is 2.64. The Morgan fingerprint density at radius 3 is 1.30 bits per heavy atom. The van der Waals surface area contributed by atoms with Crippen LogP contribution >= 0.6 is 22.7 Å². The quantitative estimate of drug-likeness (QED) is 0.0757. The third-order valence-corrected chi connectivity index (χ3v) is 14.8. The average Bonchev–Trinajstić information content (AvgIpc) is 3.85. The molecule has 270 valence electrons. The van der Waals surface area contributed by atoms with Crippen LogP contribution in [0.1, 0.15) is 189 Å². The summed E-state index contributed by atoms with van der Waals surface area (Å²) in [5.41, 5.74) is 13.0. The molecule has 2 aromatic carbocycles. The van der Waals surface area contributed by atoms with Gasteiger partial charge < -0.3 is 0 Å². The first-order valence-electron chi connectivity index (χ1n) is 20.9. The summed E-state index contributed by atoms with van der Waals surface area (Å²) >= 11 is 4.19. The fourth-order valence-electron chi connectivity index (χ4n) is 9.68. The SMILES string of the molecule is CCCCCCC1(CCCCCC)c2cc3c(cc2-c2sc(C)cc21)C(CCCCCC)(CCCCCC)c1cc(-c2ccc(C)cc2)sc1-3. The second-order valence-electron chi connectivity index (χ2n) is 16.2. The van der Waals surface area contributed by atoms with E-state index in [1.54, 1.807) is 43.1 Å². The number of hydrogen-bond donors (Lipinski definition) is 0. The molecule has 0 amide bonds. The number of fused-ring (bicyclic) bond motifs is 6. The predicted octanol–water partition coefficient (Wildman–Crippen LogP) is 16.5. The van der Waals surface area contributed by atoms with Crippen molar-refractivity contribution in [3.63, 3.8) is 0 Å². The lowest BCUT2D eigenvalue weighted by molar-refractivity contribution is 0.398. The van der Waals surface area contributed by atoms with E-state index < -0.39 is 0 Å². The number of hydrogen-bond acceptors (Lipinski definition) is 2. The summed E-state index contributed by atoms with van der Waals surface area (Å²) in [6.45, 7) is 14.0. The van der Waals surface area contributed by atoms with Gasteiger partial charge in [-0.2, -0.15) is 0 Å². The van der Waals surface area contributed by atoms with Crippen LogP contribution in [0.4, 0.5) is 0 Å². The molecule has 0 spiro atoms. The van der Waals surface area contributed by atoms with Crippen LogP contribution in [0.5, 0.6) is 0 Å². The second kappa shape index (κ2) is 17.1. The van der Waals surface area contributed by atoms with Crippen molar-refractivity contribution in [2.45, 2.75) is 181 Å². The van der Waals surface area contributed by atoms with E-state index in [1.807, 2.05) is 0 Å². The van der Waals surface area contributed by atoms with Crippen LogP contribution in [0.15, 0.2) is 48.5 Å². The Morgan fingerprint density at radius 2 is 0.860 bits per heavy atom. The zero-order valence-corrected chi connectivity index (χ0v) is 34.2. The van der Waals surface area contributed by atoms with Gasteiger partial charge >= 0.3 is 0 Å². The van der Waals surface area contributed by atoms with Gasteiger partial charge in [-0.1, -0.05) is 160 Å². The minimum atomic E-state index is 0.126. The van der Waals surface area contributed by atoms with E-state index in [9.17, 15) is 0 Å². The zero-order chi connectivity index (χ0) is 35.1. The van der Waals surface area contributed by atoms with Gasteiger partial charge in [-0.25, -0.2) is 0 Å². The van der Waals surface area contributed by atoms with Gasteiger partial charge in [-0.05, 0) is 103 Å². The van der Waals surface area contributed by atoms with E-state index in [0.29, 0.717) is 0 Å². The van der Waals surface area contributed by atoms with Gasteiger partial charge in [0.1, 0.15) is 0 Å². The van der Waals surface area contributed by atoms with E-state index in [2.05, 4.69) is 113 Å². The first-order chi connectivity index (χ1) is 24.4. The smallest absolute Gasteiger partial charge is 0.0393 e. The van der Waals surface area contributed by atoms with Crippen molar-refractivity contribution >= 4 is 22.7 Å². The normalized spacial score (nSPS) is 14.9. The molecular formula is C48H66S2. The lowest BCUT2D eigenvalue weighted by Crippen LogP contribution is -2.27. The van der Waals surface area contributed by atoms with Crippen LogP contribution in [0.3, 0.4) is 0 Å². The number of thiophene rings is 2. The molecule has 0 atom stereocenters. The molecule has 0 saturated heterocycles. The first kappa shape index (κ1) is 37.6. The Hall–Kier alpha value is -2.16. The van der Waals surface area contributed by atoms with Crippen LogP contribution in [0.25, 0.3) is 31.3 Å². The van der Waals surface area contributed by atoms with Crippen molar-refractivity contribution < 1.29 is 0 Å². The van der Waals surface area contributed by atoms with Crippen LogP contribution in [0.2, 0.25) is 0 Å². The summed E-state index contributed by atoms with van der Waals surface area (Å²) in [6, 6.07) is 20.2. The molecule has 0 nitrogen and oxygen atoms in total. The van der Waals surface area contributed by atoms with E-state index >= 15 is 0 Å². The van der Waals surface area contributed by atoms with Crippen LogP contribution in [-0.4, -0.2) is 0 Å². The van der Waals surface area contributed by atoms with Crippen molar-refractivity contribution in [2.24, 2.45) is 0 Å². The lowest BCUT2D eigenvalue weighted by Gasteiger charge is -2.34. The lowest BCUT2D eigenvalue weighted by atomic mass is 9.68. The molecule has 6 rings (SSSR count). The topological polar surface area (TPSA) is 0 Å². The summed E-state index contributed by atoms with van der Waals surface area (Å²) in [6.07, 6.45) is 26.6. The van der Waals surface area contributed by atoms with Gasteiger partial charge in [-0.15, -0.1) is 22.7 Å². The van der Waals surface area contributed by atoms with Crippen LogP contribution in [-0.2, 0) is 10.8 Å². The maximum Gasteiger partial charge on any atom is 0.0393 e. The average molecular weight is 707 g/mol. The molecule has 2 heteroatoms. The van der Waals surface area contributed by atoms with Crippen molar-refractivity contribution in [3.8, 4) is 31.3 Å². The molecule has 4 aromatic rings. The van der Waals surface area contributed by atoms with Crippen LogP contribution < -0.4 is 0 Å². The molecule has 0 N–H and O–H groups in total. The predicted molar refractivity (Wildman–Crippen MR) is 225 cm³/mol. The van der Waals surface area contributed by atoms with Crippen molar-refractivity contribution in [2.75, 3.05) is 0 Å². The summed E-state index contributed by atoms with van der Waals surface area (Å²) in [5.74, 6) is 0. The highest BCUT2D eigenvalue weighted by atomic mass is 32.1. The maximum atomic E-state index is 2.81. The van der Waals surface area contributed by atoms with Gasteiger partial charge in [0.2, 0.25) is 0 Å². The monoisotopic (exact) mass is 706 g/mol. The van der Waals surface area contributed by atoms with Crippen molar-refractivity contribution in [1.82, 2.24) is 0 Å². The van der Waals surface area contributed by atoms with Gasteiger partial charge in [-0.3, -0.25) is 0 Å². The molecule has 0 saturated carbocycles. The van der Waals surface area contributed by atoms with E-state index in [1.165, 1.54) is 149 Å². The van der Waals surface area contributed by atoms with Gasteiger partial charge in [0.25, 0.3) is 0 Å². The molecule has 0 aliphatic heterocycles. The first-order valence-corrected chi connectivity index (χ1v) is 22.6. The van der Waals surface area contributed by atoms with Gasteiger partial charge in [0.15, 0.2) is 0 Å². The minimum Gasteiger partial charge on any atom is -0.140 e. The number of unbranched alkanes of at least 4 members (excludes halogenated alkanes) is 12. The summed E-state index contributed by atoms with van der Waals surface area (Å²) < 4.78 is 0. The molecule has 0 unspecified atom stereocenters. The molecule has 0 radical (unpaired) electrons. The Labute approximate surface area is 314 Å². The van der Waals surface area contributed by atoms with Crippen molar-refractivity contribution in [1.29, 1.82) is 0 Å². The summed E-state index contributed by atoms with van der Waals surface area (Å²) in [5, 5.41) is 0. The van der Waals surface area contributed by atoms with Gasteiger partial charge in [0.05, 0.1) is 0 Å². The summed E-state index contributed by atoms with van der Waals surface area (Å²) in [4.78, 5) is 6.18. The molecule has 50 heavy (non-hydrogen) atoms. The molecule has 0 bridgehead atoms. The Bertz CT molecular complexity index is 1650. The number of rotatable bonds is 21. The van der Waals surface area contributed by atoms with Crippen LogP contribution in [0, 0.1) is 13.8 Å².